The van der Waals surface area contributed by atoms with Crippen molar-refractivity contribution < 1.29 is 23.1 Å². The normalized spacial score (nSPS) is 13.8. The molecule has 1 unspecified atom stereocenters. The molecule has 0 bridgehead atoms. The summed E-state index contributed by atoms with van der Waals surface area (Å²) in [6, 6.07) is 0. The van der Waals surface area contributed by atoms with Crippen molar-refractivity contribution in [3.05, 3.63) is 0 Å². The highest BCUT2D eigenvalue weighted by atomic mass is 32.2. The van der Waals surface area contributed by atoms with Crippen molar-refractivity contribution in [3.8, 4) is 0 Å². The highest BCUT2D eigenvalue weighted by Crippen LogP contribution is 2.11. The van der Waals surface area contributed by atoms with Crippen LogP contribution >= 0.6 is 0 Å². The van der Waals surface area contributed by atoms with Crippen molar-refractivity contribution in [2.24, 2.45) is 11.8 Å². The van der Waals surface area contributed by atoms with Crippen molar-refractivity contribution in [3.63, 3.8) is 0 Å². The molecule has 0 aromatic rings. The third-order valence-corrected chi connectivity index (χ3v) is 3.67. The van der Waals surface area contributed by atoms with Crippen molar-refractivity contribution in [1.29, 1.82) is 0 Å². The fraction of sp³-hybridized carbons (Fsp3) is 0.909. The molecular weight excluding hydrogens is 258 g/mol. The summed E-state index contributed by atoms with van der Waals surface area (Å²) in [5.74, 6) is -1.60. The Bertz CT molecular complexity index is 339. The predicted molar refractivity (Wildman–Crippen MR) is 68.9 cm³/mol. The van der Waals surface area contributed by atoms with Gasteiger partial charge < -0.3 is 9.84 Å². The lowest BCUT2D eigenvalue weighted by Crippen LogP contribution is -2.35. The molecule has 2 N–H and O–H groups in total. The highest BCUT2D eigenvalue weighted by Gasteiger charge is 2.21. The zero-order chi connectivity index (χ0) is 14.2. The van der Waals surface area contributed by atoms with Crippen LogP contribution in [0.2, 0.25) is 0 Å². The molecule has 0 saturated heterocycles. The molecule has 6 nitrogen and oxygen atoms in total. The summed E-state index contributed by atoms with van der Waals surface area (Å²) >= 11 is 0. The summed E-state index contributed by atoms with van der Waals surface area (Å²) in [4.78, 5) is 11.0. The molecule has 18 heavy (non-hydrogen) atoms. The van der Waals surface area contributed by atoms with Crippen LogP contribution in [0.15, 0.2) is 0 Å². The van der Waals surface area contributed by atoms with Gasteiger partial charge in [0.2, 0.25) is 10.0 Å². The fourth-order valence-electron chi connectivity index (χ4n) is 1.45. The maximum Gasteiger partial charge on any atom is 0.307 e. The summed E-state index contributed by atoms with van der Waals surface area (Å²) in [7, 11) is -3.46. The van der Waals surface area contributed by atoms with Crippen LogP contribution in [-0.2, 0) is 19.6 Å². The molecule has 1 atom stereocenters. The van der Waals surface area contributed by atoms with Crippen LogP contribution in [0, 0.1) is 11.8 Å². The second kappa shape index (κ2) is 8.44. The number of rotatable bonds is 10. The van der Waals surface area contributed by atoms with Crippen molar-refractivity contribution in [2.45, 2.75) is 27.2 Å². The van der Waals surface area contributed by atoms with E-state index in [4.69, 9.17) is 9.84 Å². The van der Waals surface area contributed by atoms with Crippen LogP contribution in [0.3, 0.4) is 0 Å². The van der Waals surface area contributed by atoms with Gasteiger partial charge in [0.25, 0.3) is 0 Å². The number of aliphatic carboxylic acids is 1. The van der Waals surface area contributed by atoms with Gasteiger partial charge in [-0.2, -0.15) is 0 Å². The lowest BCUT2D eigenvalue weighted by atomic mass is 9.98. The summed E-state index contributed by atoms with van der Waals surface area (Å²) in [5.41, 5.74) is 0. The molecule has 7 heteroatoms. The Kier molecular flexibility index (Phi) is 8.13. The lowest BCUT2D eigenvalue weighted by Gasteiger charge is -2.15. The van der Waals surface area contributed by atoms with Gasteiger partial charge in [0.05, 0.1) is 18.3 Å². The lowest BCUT2D eigenvalue weighted by molar-refractivity contribution is -0.142. The van der Waals surface area contributed by atoms with Gasteiger partial charge in [-0.3, -0.25) is 4.79 Å². The predicted octanol–water partition coefficient (Wildman–Crippen LogP) is 0.689. The number of hydrogen-bond acceptors (Lipinski definition) is 4. The third kappa shape index (κ3) is 8.43. The van der Waals surface area contributed by atoms with E-state index in [9.17, 15) is 13.2 Å². The van der Waals surface area contributed by atoms with Crippen LogP contribution in [0.5, 0.6) is 0 Å². The van der Waals surface area contributed by atoms with Crippen molar-refractivity contribution >= 4 is 16.0 Å². The summed E-state index contributed by atoms with van der Waals surface area (Å²) in [5, 5.41) is 8.97. The van der Waals surface area contributed by atoms with E-state index in [1.165, 1.54) is 0 Å². The summed E-state index contributed by atoms with van der Waals surface area (Å²) in [6.07, 6.45) is 0.448. The number of hydrogen-bond donors (Lipinski definition) is 2. The fourth-order valence-corrected chi connectivity index (χ4v) is 2.39. The number of carbonyl (C=O) groups is 1. The van der Waals surface area contributed by atoms with E-state index in [2.05, 4.69) is 4.72 Å². The van der Waals surface area contributed by atoms with Gasteiger partial charge in [0, 0.05) is 13.2 Å². The highest BCUT2D eigenvalue weighted by molar-refractivity contribution is 7.89. The molecule has 0 aliphatic heterocycles. The zero-order valence-corrected chi connectivity index (χ0v) is 12.0. The first-order valence-electron chi connectivity index (χ1n) is 6.06. The van der Waals surface area contributed by atoms with Crippen LogP contribution < -0.4 is 4.72 Å². The van der Waals surface area contributed by atoms with E-state index in [0.29, 0.717) is 13.0 Å². The first-order valence-corrected chi connectivity index (χ1v) is 7.71. The molecule has 0 saturated carbocycles. The Labute approximate surface area is 109 Å². The number of ether oxygens (including phenoxy) is 1. The van der Waals surface area contributed by atoms with E-state index in [-0.39, 0.29) is 24.8 Å². The van der Waals surface area contributed by atoms with Gasteiger partial charge in [-0.05, 0) is 19.3 Å². The molecule has 108 valence electrons. The van der Waals surface area contributed by atoms with E-state index in [0.717, 1.165) is 0 Å². The minimum absolute atomic E-state index is 0.0675. The minimum Gasteiger partial charge on any atom is -0.481 e. The van der Waals surface area contributed by atoms with E-state index >= 15 is 0 Å². The van der Waals surface area contributed by atoms with Crippen LogP contribution in [0.1, 0.15) is 27.2 Å². The maximum atomic E-state index is 11.5. The standard InChI is InChI=1S/C11H23NO5S/c1-4-17-5-6-18(15,16)12-8-10(11(13)14)7-9(2)3/h9-10,12H,4-8H2,1-3H3,(H,13,14). The topological polar surface area (TPSA) is 92.7 Å². The summed E-state index contributed by atoms with van der Waals surface area (Å²) < 4.78 is 30.3. The molecule has 0 rings (SSSR count). The Morgan fingerprint density at radius 1 is 1.39 bits per heavy atom. The van der Waals surface area contributed by atoms with E-state index in [1.807, 2.05) is 13.8 Å². The molecular formula is C11H23NO5S. The van der Waals surface area contributed by atoms with Gasteiger partial charge >= 0.3 is 5.97 Å². The van der Waals surface area contributed by atoms with Crippen LogP contribution in [-0.4, -0.2) is 45.0 Å². The molecule has 0 heterocycles. The molecule has 0 fully saturated rings. The number of nitrogens with one attached hydrogen (secondary N) is 1. The van der Waals surface area contributed by atoms with Crippen molar-refractivity contribution in [1.82, 2.24) is 4.72 Å². The SMILES string of the molecule is CCOCCS(=O)(=O)NCC(CC(C)C)C(=O)O. The minimum atomic E-state index is -3.46. The number of carboxylic acids is 1. The molecule has 0 aliphatic carbocycles. The van der Waals surface area contributed by atoms with E-state index < -0.39 is 21.9 Å². The van der Waals surface area contributed by atoms with Gasteiger partial charge in [-0.15, -0.1) is 0 Å². The molecule has 0 amide bonds. The second-order valence-corrected chi connectivity index (χ2v) is 6.46. The first-order chi connectivity index (χ1) is 8.28. The van der Waals surface area contributed by atoms with Gasteiger partial charge in [0.15, 0.2) is 0 Å². The molecule has 0 aromatic heterocycles. The van der Waals surface area contributed by atoms with E-state index in [1.54, 1.807) is 6.92 Å². The molecule has 0 radical (unpaired) electrons. The Morgan fingerprint density at radius 3 is 2.44 bits per heavy atom. The average Bonchev–Trinajstić information content (AvgIpc) is 2.23. The molecule has 0 spiro atoms. The first kappa shape index (κ1) is 17.3. The van der Waals surface area contributed by atoms with Crippen molar-refractivity contribution in [2.75, 3.05) is 25.5 Å². The summed E-state index contributed by atoms with van der Waals surface area (Å²) in [6.45, 7) is 6.10. The molecule has 0 aromatic carbocycles. The molecule has 0 aliphatic rings. The average molecular weight is 281 g/mol. The van der Waals surface area contributed by atoms with Crippen LogP contribution in [0.4, 0.5) is 0 Å². The van der Waals surface area contributed by atoms with Crippen LogP contribution in [0.25, 0.3) is 0 Å². The Hall–Kier alpha value is -0.660. The maximum absolute atomic E-state index is 11.5. The van der Waals surface area contributed by atoms with Gasteiger partial charge in [-0.1, -0.05) is 13.8 Å². The van der Waals surface area contributed by atoms with Gasteiger partial charge in [0.1, 0.15) is 0 Å². The van der Waals surface area contributed by atoms with Gasteiger partial charge in [-0.25, -0.2) is 13.1 Å². The third-order valence-electron chi connectivity index (χ3n) is 2.36. The number of sulfonamides is 1. The number of carboxylic acid groups (broad SMARTS) is 1. The monoisotopic (exact) mass is 281 g/mol. The Balaban J connectivity index is 4.20. The smallest absolute Gasteiger partial charge is 0.307 e. The largest absolute Gasteiger partial charge is 0.481 e. The second-order valence-electron chi connectivity index (χ2n) is 4.53. The zero-order valence-electron chi connectivity index (χ0n) is 11.2. The Morgan fingerprint density at radius 2 is 2.00 bits per heavy atom. The quantitative estimate of drug-likeness (QED) is 0.575.